The average molecular weight is 366 g/mol. The standard InChI is InChI=1S/C21H22N2O4/c1-26-13-19(15-8-5-9-17(10-15)27-2)23-20(24)18-11-14-6-3-4-7-16(14)12-22(18)21(23)25/h3-10,18-19H,11-13H2,1-2H3. The fourth-order valence-electron chi connectivity index (χ4n) is 3.95. The Morgan fingerprint density at radius 2 is 1.85 bits per heavy atom. The third-order valence-electron chi connectivity index (χ3n) is 5.34. The van der Waals surface area contributed by atoms with E-state index in [0.29, 0.717) is 18.7 Å². The summed E-state index contributed by atoms with van der Waals surface area (Å²) in [5.74, 6) is 0.511. The molecule has 1 fully saturated rings. The van der Waals surface area contributed by atoms with E-state index in [1.54, 1.807) is 19.1 Å². The van der Waals surface area contributed by atoms with Crippen LogP contribution < -0.4 is 4.74 Å². The molecule has 0 N–H and O–H groups in total. The van der Waals surface area contributed by atoms with Crippen molar-refractivity contribution in [3.8, 4) is 5.75 Å². The smallest absolute Gasteiger partial charge is 0.328 e. The minimum atomic E-state index is -0.487. The Morgan fingerprint density at radius 3 is 2.59 bits per heavy atom. The summed E-state index contributed by atoms with van der Waals surface area (Å²) >= 11 is 0. The van der Waals surface area contributed by atoms with Gasteiger partial charge in [0.2, 0.25) is 0 Å². The van der Waals surface area contributed by atoms with Crippen molar-refractivity contribution < 1.29 is 19.1 Å². The monoisotopic (exact) mass is 366 g/mol. The number of rotatable bonds is 5. The number of hydrogen-bond acceptors (Lipinski definition) is 4. The zero-order valence-electron chi connectivity index (χ0n) is 15.4. The second kappa shape index (κ2) is 7.04. The first-order valence-electron chi connectivity index (χ1n) is 8.97. The highest BCUT2D eigenvalue weighted by Gasteiger charge is 2.49. The van der Waals surface area contributed by atoms with Gasteiger partial charge in [0.15, 0.2) is 0 Å². The molecule has 6 heteroatoms. The molecule has 0 saturated carbocycles. The topological polar surface area (TPSA) is 59.1 Å². The Kier molecular flexibility index (Phi) is 4.58. The number of fused-ring (bicyclic) bond motifs is 2. The van der Waals surface area contributed by atoms with Crippen LogP contribution in [0.25, 0.3) is 0 Å². The van der Waals surface area contributed by atoms with Crippen molar-refractivity contribution in [2.75, 3.05) is 20.8 Å². The van der Waals surface area contributed by atoms with E-state index in [1.807, 2.05) is 48.5 Å². The summed E-state index contributed by atoms with van der Waals surface area (Å²) in [5.41, 5.74) is 3.04. The van der Waals surface area contributed by atoms with Gasteiger partial charge in [-0.15, -0.1) is 0 Å². The molecule has 2 aromatic rings. The quantitative estimate of drug-likeness (QED) is 0.764. The van der Waals surface area contributed by atoms with Gasteiger partial charge in [-0.25, -0.2) is 4.79 Å². The molecule has 0 radical (unpaired) electrons. The molecular formula is C21H22N2O4. The number of nitrogens with zero attached hydrogens (tertiary/aromatic N) is 2. The molecule has 3 amide bonds. The molecule has 1 saturated heterocycles. The Balaban J connectivity index is 1.68. The average Bonchev–Trinajstić information content (AvgIpc) is 2.94. The lowest BCUT2D eigenvalue weighted by atomic mass is 9.94. The normalized spacial score (nSPS) is 19.7. The second-order valence-corrected chi connectivity index (χ2v) is 6.86. The van der Waals surface area contributed by atoms with Gasteiger partial charge in [0.05, 0.1) is 19.8 Å². The van der Waals surface area contributed by atoms with Crippen LogP contribution in [0.4, 0.5) is 4.79 Å². The van der Waals surface area contributed by atoms with Crippen molar-refractivity contribution >= 4 is 11.9 Å². The first kappa shape index (κ1) is 17.5. The fraction of sp³-hybridized carbons (Fsp3) is 0.333. The van der Waals surface area contributed by atoms with Gasteiger partial charge in [0.1, 0.15) is 11.8 Å². The van der Waals surface area contributed by atoms with E-state index in [1.165, 1.54) is 4.90 Å². The third kappa shape index (κ3) is 2.96. The van der Waals surface area contributed by atoms with Gasteiger partial charge in [0.25, 0.3) is 5.91 Å². The molecule has 2 aromatic carbocycles. The SMILES string of the molecule is COCC(c1cccc(OC)c1)N1C(=O)C2Cc3ccccc3CN2C1=O. The van der Waals surface area contributed by atoms with E-state index in [-0.39, 0.29) is 18.5 Å². The van der Waals surface area contributed by atoms with Crippen LogP contribution in [0.2, 0.25) is 0 Å². The van der Waals surface area contributed by atoms with Crippen LogP contribution >= 0.6 is 0 Å². The molecule has 2 heterocycles. The number of ether oxygens (including phenoxy) is 2. The van der Waals surface area contributed by atoms with Gasteiger partial charge in [-0.1, -0.05) is 36.4 Å². The molecule has 27 heavy (non-hydrogen) atoms. The third-order valence-corrected chi connectivity index (χ3v) is 5.34. The molecular weight excluding hydrogens is 344 g/mol. The summed E-state index contributed by atoms with van der Waals surface area (Å²) in [6.07, 6.45) is 0.551. The molecule has 140 valence electrons. The molecule has 2 aliphatic heterocycles. The van der Waals surface area contributed by atoms with Crippen molar-refractivity contribution in [2.45, 2.75) is 25.0 Å². The fourth-order valence-corrected chi connectivity index (χ4v) is 3.95. The van der Waals surface area contributed by atoms with E-state index < -0.39 is 12.1 Å². The number of urea groups is 1. The second-order valence-electron chi connectivity index (χ2n) is 6.86. The highest BCUT2D eigenvalue weighted by Crippen LogP contribution is 2.35. The number of carbonyl (C=O) groups is 2. The minimum Gasteiger partial charge on any atom is -0.497 e. The predicted molar refractivity (Wildman–Crippen MR) is 99.3 cm³/mol. The molecule has 4 rings (SSSR count). The lowest BCUT2D eigenvalue weighted by Gasteiger charge is -2.29. The first-order valence-corrected chi connectivity index (χ1v) is 8.97. The first-order chi connectivity index (χ1) is 13.1. The van der Waals surface area contributed by atoms with E-state index >= 15 is 0 Å². The predicted octanol–water partition coefficient (Wildman–Crippen LogP) is 2.77. The van der Waals surface area contributed by atoms with Gasteiger partial charge in [-0.2, -0.15) is 0 Å². The summed E-state index contributed by atoms with van der Waals surface area (Å²) in [5, 5.41) is 0. The number of carbonyl (C=O) groups excluding carboxylic acids is 2. The minimum absolute atomic E-state index is 0.167. The van der Waals surface area contributed by atoms with Crippen LogP contribution in [0.3, 0.4) is 0 Å². The van der Waals surface area contributed by atoms with Gasteiger partial charge in [-0.3, -0.25) is 9.69 Å². The number of imide groups is 1. The van der Waals surface area contributed by atoms with Crippen LogP contribution in [0.5, 0.6) is 5.75 Å². The van der Waals surface area contributed by atoms with E-state index in [9.17, 15) is 9.59 Å². The number of benzene rings is 2. The summed E-state index contributed by atoms with van der Waals surface area (Å²) in [6, 6.07) is 14.2. The number of hydrogen-bond donors (Lipinski definition) is 0. The van der Waals surface area contributed by atoms with Crippen LogP contribution in [-0.4, -0.2) is 48.6 Å². The van der Waals surface area contributed by atoms with Crippen LogP contribution in [-0.2, 0) is 22.5 Å². The Morgan fingerprint density at radius 1 is 1.07 bits per heavy atom. The molecule has 2 atom stereocenters. The molecule has 0 aliphatic carbocycles. The maximum atomic E-state index is 13.2. The lowest BCUT2D eigenvalue weighted by molar-refractivity contribution is -0.130. The lowest BCUT2D eigenvalue weighted by Crippen LogP contribution is -2.40. The van der Waals surface area contributed by atoms with Crippen molar-refractivity contribution in [2.24, 2.45) is 0 Å². The van der Waals surface area contributed by atoms with E-state index in [2.05, 4.69) is 0 Å². The summed E-state index contributed by atoms with van der Waals surface area (Å²) in [4.78, 5) is 29.4. The summed E-state index contributed by atoms with van der Waals surface area (Å²) < 4.78 is 10.6. The van der Waals surface area contributed by atoms with Crippen molar-refractivity contribution in [3.63, 3.8) is 0 Å². The van der Waals surface area contributed by atoms with Gasteiger partial charge in [0, 0.05) is 20.1 Å². The zero-order valence-corrected chi connectivity index (χ0v) is 15.4. The van der Waals surface area contributed by atoms with E-state index in [0.717, 1.165) is 16.7 Å². The van der Waals surface area contributed by atoms with E-state index in [4.69, 9.17) is 9.47 Å². The molecule has 0 bridgehead atoms. The number of amides is 3. The van der Waals surface area contributed by atoms with Crippen molar-refractivity contribution in [3.05, 3.63) is 65.2 Å². The Hall–Kier alpha value is -2.86. The number of methoxy groups -OCH3 is 2. The molecule has 6 nitrogen and oxygen atoms in total. The largest absolute Gasteiger partial charge is 0.497 e. The van der Waals surface area contributed by atoms with Crippen molar-refractivity contribution in [1.82, 2.24) is 9.80 Å². The van der Waals surface area contributed by atoms with Crippen molar-refractivity contribution in [1.29, 1.82) is 0 Å². The van der Waals surface area contributed by atoms with Gasteiger partial charge >= 0.3 is 6.03 Å². The van der Waals surface area contributed by atoms with Gasteiger partial charge < -0.3 is 14.4 Å². The van der Waals surface area contributed by atoms with Gasteiger partial charge in [-0.05, 0) is 28.8 Å². The molecule has 0 spiro atoms. The Bertz CT molecular complexity index is 839. The summed E-state index contributed by atoms with van der Waals surface area (Å²) in [7, 11) is 3.16. The molecule has 2 unspecified atom stereocenters. The highest BCUT2D eigenvalue weighted by molar-refractivity contribution is 6.05. The maximum Gasteiger partial charge on any atom is 0.328 e. The maximum absolute atomic E-state index is 13.2. The van der Waals surface area contributed by atoms with Crippen LogP contribution in [0, 0.1) is 0 Å². The Labute approximate surface area is 158 Å². The van der Waals surface area contributed by atoms with Crippen LogP contribution in [0.1, 0.15) is 22.7 Å². The molecule has 0 aromatic heterocycles. The zero-order chi connectivity index (χ0) is 19.0. The van der Waals surface area contributed by atoms with Crippen LogP contribution in [0.15, 0.2) is 48.5 Å². The molecule has 2 aliphatic rings. The highest BCUT2D eigenvalue weighted by atomic mass is 16.5. The summed E-state index contributed by atoms with van der Waals surface area (Å²) in [6.45, 7) is 0.692.